The third-order valence-electron chi connectivity index (χ3n) is 4.10. The molecule has 0 spiro atoms. The topological polar surface area (TPSA) is 66.5 Å². The van der Waals surface area contributed by atoms with Crippen LogP contribution in [-0.4, -0.2) is 21.4 Å². The van der Waals surface area contributed by atoms with Crippen LogP contribution in [0.4, 0.5) is 11.4 Å². The van der Waals surface area contributed by atoms with Crippen LogP contribution in [0.2, 0.25) is 10.0 Å². The molecule has 150 valence electrons. The summed E-state index contributed by atoms with van der Waals surface area (Å²) in [5, 5.41) is 0.753. The molecule has 29 heavy (non-hydrogen) atoms. The summed E-state index contributed by atoms with van der Waals surface area (Å²) in [5.41, 5.74) is 0.797. The average Bonchev–Trinajstić information content (AvgIpc) is 2.67. The number of para-hydroxylation sites is 1. The minimum absolute atomic E-state index is 0.0806. The predicted octanol–water partition coefficient (Wildman–Crippen LogP) is 5.83. The van der Waals surface area contributed by atoms with Gasteiger partial charge in [-0.1, -0.05) is 51.3 Å². The summed E-state index contributed by atoms with van der Waals surface area (Å²) >= 11 is 15.4. The van der Waals surface area contributed by atoms with Crippen LogP contribution in [0.5, 0.6) is 0 Å². The van der Waals surface area contributed by atoms with Crippen LogP contribution in [0.15, 0.2) is 76.1 Å². The van der Waals surface area contributed by atoms with E-state index >= 15 is 0 Å². The molecule has 3 rings (SSSR count). The molecular weight excluding hydrogens is 499 g/mol. The summed E-state index contributed by atoms with van der Waals surface area (Å²) in [6.45, 7) is 0. The van der Waals surface area contributed by atoms with Crippen molar-refractivity contribution in [3.63, 3.8) is 0 Å². The van der Waals surface area contributed by atoms with Crippen molar-refractivity contribution in [2.45, 2.75) is 4.90 Å². The largest absolute Gasteiger partial charge is 0.310 e. The molecule has 0 atom stereocenters. The summed E-state index contributed by atoms with van der Waals surface area (Å²) in [6, 6.07) is 17.3. The van der Waals surface area contributed by atoms with Gasteiger partial charge >= 0.3 is 0 Å². The Morgan fingerprint density at radius 2 is 1.66 bits per heavy atom. The fourth-order valence-electron chi connectivity index (χ4n) is 2.62. The first kappa shape index (κ1) is 21.6. The van der Waals surface area contributed by atoms with Gasteiger partial charge in [-0.05, 0) is 54.6 Å². The van der Waals surface area contributed by atoms with Crippen molar-refractivity contribution in [2.24, 2.45) is 0 Å². The van der Waals surface area contributed by atoms with E-state index in [4.69, 9.17) is 23.2 Å². The first-order chi connectivity index (χ1) is 13.7. The van der Waals surface area contributed by atoms with Crippen LogP contribution in [0.25, 0.3) is 0 Å². The lowest BCUT2D eigenvalue weighted by atomic mass is 10.1. The number of anilines is 2. The fourth-order valence-corrected chi connectivity index (χ4v) is 4.50. The summed E-state index contributed by atoms with van der Waals surface area (Å²) in [5.74, 6) is -0.427. The standard InChI is InChI=1S/C20H15BrCl2N2O3S/c1-25(19-11-8-14(22)12-17(19)23)20(26)16-4-2-3-5-18(16)24-29(27,28)15-9-6-13(21)7-10-15/h2-12,24H,1H3. The highest BCUT2D eigenvalue weighted by atomic mass is 79.9. The van der Waals surface area contributed by atoms with Gasteiger partial charge in [0.2, 0.25) is 0 Å². The second kappa shape index (κ2) is 8.75. The molecule has 3 aromatic rings. The average molecular weight is 514 g/mol. The van der Waals surface area contributed by atoms with Gasteiger partial charge in [0.15, 0.2) is 0 Å². The number of carbonyl (C=O) groups is 1. The number of hydrogen-bond acceptors (Lipinski definition) is 3. The van der Waals surface area contributed by atoms with Crippen molar-refractivity contribution in [3.05, 3.63) is 86.8 Å². The maximum Gasteiger partial charge on any atom is 0.261 e. The smallest absolute Gasteiger partial charge is 0.261 e. The zero-order valence-electron chi connectivity index (χ0n) is 15.1. The van der Waals surface area contributed by atoms with Gasteiger partial charge < -0.3 is 4.90 Å². The molecule has 0 radical (unpaired) electrons. The molecule has 0 fully saturated rings. The highest BCUT2D eigenvalue weighted by Gasteiger charge is 2.22. The maximum absolute atomic E-state index is 13.1. The van der Waals surface area contributed by atoms with Gasteiger partial charge in [-0.25, -0.2) is 8.42 Å². The molecular formula is C20H15BrCl2N2O3S. The SMILES string of the molecule is CN(C(=O)c1ccccc1NS(=O)(=O)c1ccc(Br)cc1)c1ccc(Cl)cc1Cl. The van der Waals surface area contributed by atoms with Crippen LogP contribution in [0, 0.1) is 0 Å². The number of carbonyl (C=O) groups excluding carboxylic acids is 1. The number of nitrogens with zero attached hydrogens (tertiary/aromatic N) is 1. The van der Waals surface area contributed by atoms with E-state index in [9.17, 15) is 13.2 Å². The minimum atomic E-state index is -3.88. The Labute approximate surface area is 187 Å². The Bertz CT molecular complexity index is 1170. The molecule has 5 nitrogen and oxygen atoms in total. The number of hydrogen-bond donors (Lipinski definition) is 1. The second-order valence-electron chi connectivity index (χ2n) is 6.06. The molecule has 1 N–H and O–H groups in total. The first-order valence-corrected chi connectivity index (χ1v) is 11.3. The quantitative estimate of drug-likeness (QED) is 0.466. The van der Waals surface area contributed by atoms with E-state index in [1.54, 1.807) is 49.5 Å². The van der Waals surface area contributed by atoms with E-state index in [1.165, 1.54) is 29.2 Å². The van der Waals surface area contributed by atoms with Crippen molar-refractivity contribution < 1.29 is 13.2 Å². The molecule has 0 saturated carbocycles. The molecule has 0 aliphatic rings. The molecule has 3 aromatic carbocycles. The van der Waals surface area contributed by atoms with Gasteiger partial charge in [0, 0.05) is 16.5 Å². The number of amides is 1. The van der Waals surface area contributed by atoms with Gasteiger partial charge in [0.05, 0.1) is 26.9 Å². The normalized spacial score (nSPS) is 11.2. The van der Waals surface area contributed by atoms with Crippen molar-refractivity contribution in [2.75, 3.05) is 16.7 Å². The van der Waals surface area contributed by atoms with Crippen molar-refractivity contribution in [1.82, 2.24) is 0 Å². The Morgan fingerprint density at radius 1 is 1.00 bits per heavy atom. The molecule has 0 aliphatic carbocycles. The van der Waals surface area contributed by atoms with Gasteiger partial charge in [-0.15, -0.1) is 0 Å². The third kappa shape index (κ3) is 4.93. The Hall–Kier alpha value is -2.06. The predicted molar refractivity (Wildman–Crippen MR) is 121 cm³/mol. The summed E-state index contributed by atoms with van der Waals surface area (Å²) < 4.78 is 28.7. The van der Waals surface area contributed by atoms with Crippen molar-refractivity contribution in [3.8, 4) is 0 Å². The molecule has 1 amide bonds. The zero-order chi connectivity index (χ0) is 21.2. The number of halogens is 3. The zero-order valence-corrected chi connectivity index (χ0v) is 19.0. The number of sulfonamides is 1. The maximum atomic E-state index is 13.1. The lowest BCUT2D eigenvalue weighted by Gasteiger charge is -2.21. The third-order valence-corrected chi connectivity index (χ3v) is 6.55. The molecule has 0 aromatic heterocycles. The van der Waals surface area contributed by atoms with Crippen LogP contribution in [0.1, 0.15) is 10.4 Å². The summed E-state index contributed by atoms with van der Waals surface area (Å²) in [7, 11) is -2.32. The highest BCUT2D eigenvalue weighted by molar-refractivity contribution is 9.10. The van der Waals surface area contributed by atoms with Crippen molar-refractivity contribution in [1.29, 1.82) is 0 Å². The fraction of sp³-hybridized carbons (Fsp3) is 0.0500. The van der Waals surface area contributed by atoms with Gasteiger partial charge in [0.1, 0.15) is 0 Å². The monoisotopic (exact) mass is 512 g/mol. The van der Waals surface area contributed by atoms with E-state index in [2.05, 4.69) is 20.7 Å². The summed E-state index contributed by atoms with van der Waals surface area (Å²) in [4.78, 5) is 14.5. The Kier molecular flexibility index (Phi) is 6.53. The van der Waals surface area contributed by atoms with Gasteiger partial charge in [-0.2, -0.15) is 0 Å². The van der Waals surface area contributed by atoms with E-state index < -0.39 is 15.9 Å². The molecule has 9 heteroatoms. The molecule has 0 heterocycles. The lowest BCUT2D eigenvalue weighted by Crippen LogP contribution is -2.28. The number of nitrogens with one attached hydrogen (secondary N) is 1. The highest BCUT2D eigenvalue weighted by Crippen LogP contribution is 2.30. The van der Waals surface area contributed by atoms with E-state index in [1.807, 2.05) is 0 Å². The van der Waals surface area contributed by atoms with E-state index in [-0.39, 0.29) is 16.1 Å². The summed E-state index contributed by atoms with van der Waals surface area (Å²) in [6.07, 6.45) is 0. The van der Waals surface area contributed by atoms with E-state index in [0.29, 0.717) is 15.7 Å². The Morgan fingerprint density at radius 3 is 2.31 bits per heavy atom. The van der Waals surface area contributed by atoms with Crippen LogP contribution >= 0.6 is 39.1 Å². The molecule has 0 saturated heterocycles. The molecule has 0 aliphatic heterocycles. The number of rotatable bonds is 5. The lowest BCUT2D eigenvalue weighted by molar-refractivity contribution is 0.0994. The van der Waals surface area contributed by atoms with Crippen molar-refractivity contribution >= 4 is 66.4 Å². The van der Waals surface area contributed by atoms with Crippen LogP contribution in [0.3, 0.4) is 0 Å². The molecule has 0 unspecified atom stereocenters. The van der Waals surface area contributed by atoms with Crippen LogP contribution < -0.4 is 9.62 Å². The van der Waals surface area contributed by atoms with Gasteiger partial charge in [-0.3, -0.25) is 9.52 Å². The second-order valence-corrected chi connectivity index (χ2v) is 9.51. The number of benzene rings is 3. The Balaban J connectivity index is 1.94. The van der Waals surface area contributed by atoms with Gasteiger partial charge in [0.25, 0.3) is 15.9 Å². The first-order valence-electron chi connectivity index (χ1n) is 8.29. The minimum Gasteiger partial charge on any atom is -0.310 e. The van der Waals surface area contributed by atoms with Crippen LogP contribution in [-0.2, 0) is 10.0 Å². The molecule has 0 bridgehead atoms. The van der Waals surface area contributed by atoms with E-state index in [0.717, 1.165) is 4.47 Å².